The number of carbonyl (C=O) groups excluding carboxylic acids is 1. The zero-order valence-corrected chi connectivity index (χ0v) is 18.1. The molecule has 0 unspecified atom stereocenters. The molecule has 1 amide bonds. The van der Waals surface area contributed by atoms with Crippen LogP contribution < -0.4 is 20.1 Å². The van der Waals surface area contributed by atoms with Crippen molar-refractivity contribution in [2.24, 2.45) is 0 Å². The Bertz CT molecular complexity index is 1050. The van der Waals surface area contributed by atoms with Crippen LogP contribution in [0.1, 0.15) is 29.5 Å². The van der Waals surface area contributed by atoms with Gasteiger partial charge in [0.25, 0.3) is 5.91 Å². The first-order valence-electron chi connectivity index (χ1n) is 9.77. The number of amides is 1. The molecule has 162 valence electrons. The van der Waals surface area contributed by atoms with Crippen molar-refractivity contribution >= 4 is 28.9 Å². The van der Waals surface area contributed by atoms with Gasteiger partial charge < -0.3 is 24.3 Å². The van der Waals surface area contributed by atoms with E-state index >= 15 is 0 Å². The number of benzene rings is 2. The molecule has 0 saturated heterocycles. The molecule has 1 heterocycles. The molecule has 3 aromatic rings. The Morgan fingerprint density at radius 2 is 1.90 bits per heavy atom. The van der Waals surface area contributed by atoms with Gasteiger partial charge in [-0.25, -0.2) is 0 Å². The average molecular weight is 441 g/mol. The van der Waals surface area contributed by atoms with Crippen molar-refractivity contribution < 1.29 is 23.8 Å². The monoisotopic (exact) mass is 440 g/mol. The molecule has 0 radical (unpaired) electrons. The molecule has 31 heavy (non-hydrogen) atoms. The zero-order chi connectivity index (χ0) is 22.2. The van der Waals surface area contributed by atoms with Crippen LogP contribution in [0, 0.1) is 0 Å². The summed E-state index contributed by atoms with van der Waals surface area (Å²) in [5, 5.41) is 15.0. The van der Waals surface area contributed by atoms with E-state index in [0.29, 0.717) is 40.9 Å². The normalized spacial score (nSPS) is 10.4. The quantitative estimate of drug-likeness (QED) is 0.448. The van der Waals surface area contributed by atoms with Gasteiger partial charge in [0, 0.05) is 11.1 Å². The topological polar surface area (TPSA) is 93.0 Å². The second-order valence-electron chi connectivity index (χ2n) is 6.62. The molecule has 1 aromatic heterocycles. The molecule has 7 nitrogen and oxygen atoms in total. The number of hydrogen-bond acceptors (Lipinski definition) is 6. The van der Waals surface area contributed by atoms with Crippen LogP contribution in [0.4, 0.5) is 5.69 Å². The average Bonchev–Trinajstić information content (AvgIpc) is 3.27. The van der Waals surface area contributed by atoms with Gasteiger partial charge in [0.1, 0.15) is 29.6 Å². The van der Waals surface area contributed by atoms with Gasteiger partial charge in [-0.3, -0.25) is 10.1 Å². The van der Waals surface area contributed by atoms with Crippen molar-refractivity contribution in [1.82, 2.24) is 5.32 Å². The summed E-state index contributed by atoms with van der Waals surface area (Å²) in [6.07, 6.45) is 0.912. The number of hydrogen-bond donors (Lipinski definition) is 3. The lowest BCUT2D eigenvalue weighted by atomic mass is 10.1. The summed E-state index contributed by atoms with van der Waals surface area (Å²) < 4.78 is 16.5. The minimum absolute atomic E-state index is 0.127. The van der Waals surface area contributed by atoms with Gasteiger partial charge in [0.15, 0.2) is 5.11 Å². The third kappa shape index (κ3) is 5.84. The summed E-state index contributed by atoms with van der Waals surface area (Å²) in [7, 11) is 1.54. The van der Waals surface area contributed by atoms with Crippen LogP contribution >= 0.6 is 12.2 Å². The van der Waals surface area contributed by atoms with E-state index in [1.54, 1.807) is 55.6 Å². The smallest absolute Gasteiger partial charge is 0.257 e. The standard InChI is InChI=1S/C23H24N2O5S/c1-3-12-29-17-7-4-15(5-8-17)22(27)25-23(31)24-19-13-16(6-10-21(19)28-2)20-11-9-18(14-26)30-20/h4-11,13,26H,3,12,14H2,1-2H3,(H2,24,25,27,31). The Kier molecular flexibility index (Phi) is 7.64. The molecule has 0 spiro atoms. The second-order valence-corrected chi connectivity index (χ2v) is 7.03. The summed E-state index contributed by atoms with van der Waals surface area (Å²) in [5.74, 6) is 1.98. The van der Waals surface area contributed by atoms with Gasteiger partial charge in [-0.1, -0.05) is 6.92 Å². The van der Waals surface area contributed by atoms with Crippen LogP contribution in [0.15, 0.2) is 59.0 Å². The highest BCUT2D eigenvalue weighted by Crippen LogP contribution is 2.31. The molecule has 3 N–H and O–H groups in total. The molecule has 0 bridgehead atoms. The van der Waals surface area contributed by atoms with Crippen molar-refractivity contribution in [1.29, 1.82) is 0 Å². The molecule has 0 saturated carbocycles. The molecule has 0 aliphatic rings. The van der Waals surface area contributed by atoms with E-state index in [0.717, 1.165) is 12.0 Å². The predicted octanol–water partition coefficient (Wildman–Crippen LogP) is 4.36. The van der Waals surface area contributed by atoms with E-state index in [4.69, 9.17) is 26.1 Å². The number of ether oxygens (including phenoxy) is 2. The van der Waals surface area contributed by atoms with Crippen molar-refractivity contribution in [3.05, 3.63) is 65.9 Å². The Labute approximate surface area is 186 Å². The van der Waals surface area contributed by atoms with Gasteiger partial charge >= 0.3 is 0 Å². The van der Waals surface area contributed by atoms with E-state index < -0.39 is 0 Å². The Morgan fingerprint density at radius 3 is 2.55 bits per heavy atom. The third-order valence-electron chi connectivity index (χ3n) is 4.37. The SMILES string of the molecule is CCCOc1ccc(C(=O)NC(=S)Nc2cc(-c3ccc(CO)o3)ccc2OC)cc1. The number of methoxy groups -OCH3 is 1. The van der Waals surface area contributed by atoms with Crippen LogP contribution in [0.25, 0.3) is 11.3 Å². The van der Waals surface area contributed by atoms with Gasteiger partial charge in [-0.15, -0.1) is 0 Å². The maximum absolute atomic E-state index is 12.5. The van der Waals surface area contributed by atoms with E-state index in [1.165, 1.54) is 0 Å². The Balaban J connectivity index is 1.68. The number of anilines is 1. The number of aliphatic hydroxyl groups is 1. The number of carbonyl (C=O) groups is 1. The first-order valence-corrected chi connectivity index (χ1v) is 10.2. The minimum atomic E-state index is -0.340. The third-order valence-corrected chi connectivity index (χ3v) is 4.57. The summed E-state index contributed by atoms with van der Waals surface area (Å²) in [4.78, 5) is 12.5. The number of rotatable bonds is 8. The second kappa shape index (κ2) is 10.6. The molecule has 0 fully saturated rings. The molecule has 0 aliphatic heterocycles. The van der Waals surface area contributed by atoms with Crippen LogP contribution in [-0.2, 0) is 6.61 Å². The fraction of sp³-hybridized carbons (Fsp3) is 0.217. The number of furan rings is 1. The van der Waals surface area contributed by atoms with Crippen molar-refractivity contribution in [2.45, 2.75) is 20.0 Å². The molecule has 8 heteroatoms. The molecule has 0 aliphatic carbocycles. The first kappa shape index (κ1) is 22.3. The summed E-state index contributed by atoms with van der Waals surface area (Å²) >= 11 is 5.31. The lowest BCUT2D eigenvalue weighted by Gasteiger charge is -2.14. The number of aliphatic hydroxyl groups excluding tert-OH is 1. The molecule has 2 aromatic carbocycles. The van der Waals surface area contributed by atoms with E-state index in [-0.39, 0.29) is 17.6 Å². The van der Waals surface area contributed by atoms with Crippen molar-refractivity contribution in [3.8, 4) is 22.8 Å². The fourth-order valence-electron chi connectivity index (χ4n) is 2.83. The van der Waals surface area contributed by atoms with Crippen LogP contribution in [0.2, 0.25) is 0 Å². The minimum Gasteiger partial charge on any atom is -0.495 e. The number of nitrogens with one attached hydrogen (secondary N) is 2. The van der Waals surface area contributed by atoms with Gasteiger partial charge in [-0.05, 0) is 73.2 Å². The van der Waals surface area contributed by atoms with Crippen molar-refractivity contribution in [3.63, 3.8) is 0 Å². The highest BCUT2D eigenvalue weighted by atomic mass is 32.1. The largest absolute Gasteiger partial charge is 0.495 e. The first-order chi connectivity index (χ1) is 15.0. The van der Waals surface area contributed by atoms with Gasteiger partial charge in [0.2, 0.25) is 0 Å². The maximum Gasteiger partial charge on any atom is 0.257 e. The van der Waals surface area contributed by atoms with Crippen molar-refractivity contribution in [2.75, 3.05) is 19.0 Å². The molecular formula is C23H24N2O5S. The van der Waals surface area contributed by atoms with Crippen LogP contribution in [0.5, 0.6) is 11.5 Å². The lowest BCUT2D eigenvalue weighted by molar-refractivity contribution is 0.0977. The Hall–Kier alpha value is -3.36. The predicted molar refractivity (Wildman–Crippen MR) is 123 cm³/mol. The highest BCUT2D eigenvalue weighted by Gasteiger charge is 2.13. The van der Waals surface area contributed by atoms with Gasteiger partial charge in [-0.2, -0.15) is 0 Å². The van der Waals surface area contributed by atoms with E-state index in [1.807, 2.05) is 13.0 Å². The van der Waals surface area contributed by atoms with Crippen LogP contribution in [-0.4, -0.2) is 29.8 Å². The summed E-state index contributed by atoms with van der Waals surface area (Å²) in [5.41, 5.74) is 1.79. The highest BCUT2D eigenvalue weighted by molar-refractivity contribution is 7.80. The lowest BCUT2D eigenvalue weighted by Crippen LogP contribution is -2.34. The fourth-order valence-corrected chi connectivity index (χ4v) is 3.03. The van der Waals surface area contributed by atoms with Gasteiger partial charge in [0.05, 0.1) is 19.4 Å². The van der Waals surface area contributed by atoms with E-state index in [9.17, 15) is 9.90 Å². The summed E-state index contributed by atoms with van der Waals surface area (Å²) in [6.45, 7) is 2.48. The van der Waals surface area contributed by atoms with Crippen LogP contribution in [0.3, 0.4) is 0 Å². The Morgan fingerprint density at radius 1 is 1.13 bits per heavy atom. The maximum atomic E-state index is 12.5. The number of thiocarbonyl (C=S) groups is 1. The zero-order valence-electron chi connectivity index (χ0n) is 17.3. The summed E-state index contributed by atoms with van der Waals surface area (Å²) in [6, 6.07) is 15.7. The molecular weight excluding hydrogens is 416 g/mol. The molecule has 0 atom stereocenters. The van der Waals surface area contributed by atoms with E-state index in [2.05, 4.69) is 10.6 Å². The molecule has 3 rings (SSSR count).